The van der Waals surface area contributed by atoms with Crippen molar-refractivity contribution in [1.82, 2.24) is 4.90 Å². The van der Waals surface area contributed by atoms with Crippen LogP contribution in [0.3, 0.4) is 0 Å². The minimum Gasteiger partial charge on any atom is -0.367 e. The van der Waals surface area contributed by atoms with Crippen LogP contribution in [-0.4, -0.2) is 41.1 Å². The third-order valence-electron chi connectivity index (χ3n) is 2.31. The Morgan fingerprint density at radius 1 is 1.21 bits per heavy atom. The van der Waals surface area contributed by atoms with Crippen molar-refractivity contribution < 1.29 is 9.59 Å². The van der Waals surface area contributed by atoms with E-state index in [9.17, 15) is 9.59 Å². The number of thioether (sulfide) groups is 1. The number of rotatable bonds is 1. The average molecular weight is 209 g/mol. The van der Waals surface area contributed by atoms with Gasteiger partial charge < -0.3 is 4.90 Å². The van der Waals surface area contributed by atoms with Gasteiger partial charge in [0.1, 0.15) is 0 Å². The Kier molecular flexibility index (Phi) is 2.72. The van der Waals surface area contributed by atoms with Crippen LogP contribution in [0.4, 0.5) is 0 Å². The zero-order valence-electron chi connectivity index (χ0n) is 7.73. The molecule has 3 nitrogen and oxygen atoms in total. The number of carbonyl (C=O) groups excluding carboxylic acids is 2. The Balaban J connectivity index is 2.16. The molecule has 1 aliphatic heterocycles. The second-order valence-corrected chi connectivity index (χ2v) is 4.43. The molecule has 2 rings (SSSR count). The molecule has 0 unspecified atom stereocenters. The molecule has 1 fully saturated rings. The van der Waals surface area contributed by atoms with Crippen LogP contribution in [0.1, 0.15) is 0 Å². The summed E-state index contributed by atoms with van der Waals surface area (Å²) in [6, 6.07) is 0. The molecule has 0 aromatic heterocycles. The van der Waals surface area contributed by atoms with Gasteiger partial charge in [0.15, 0.2) is 0 Å². The van der Waals surface area contributed by atoms with Crippen molar-refractivity contribution in [3.05, 3.63) is 23.9 Å². The molecule has 2 aliphatic rings. The molecule has 0 spiro atoms. The van der Waals surface area contributed by atoms with E-state index in [1.165, 1.54) is 6.08 Å². The van der Waals surface area contributed by atoms with Crippen LogP contribution >= 0.6 is 11.8 Å². The van der Waals surface area contributed by atoms with Crippen LogP contribution in [-0.2, 0) is 9.59 Å². The van der Waals surface area contributed by atoms with E-state index in [4.69, 9.17) is 0 Å². The zero-order valence-corrected chi connectivity index (χ0v) is 8.55. The predicted molar refractivity (Wildman–Crippen MR) is 56.1 cm³/mol. The Labute approximate surface area is 86.8 Å². The molecular weight excluding hydrogens is 198 g/mol. The van der Waals surface area contributed by atoms with Gasteiger partial charge in [-0.15, -0.1) is 0 Å². The molecule has 1 heterocycles. The fraction of sp³-hybridized carbons (Fsp3) is 0.400. The molecule has 0 bridgehead atoms. The predicted octanol–water partition coefficient (Wildman–Crippen LogP) is 0.627. The maximum atomic E-state index is 11.5. The molecule has 0 N–H and O–H groups in total. The lowest BCUT2D eigenvalue weighted by Gasteiger charge is -2.29. The lowest BCUT2D eigenvalue weighted by atomic mass is 10.1. The average Bonchev–Trinajstić information content (AvgIpc) is 2.23. The lowest BCUT2D eigenvalue weighted by molar-refractivity contribution is -0.132. The van der Waals surface area contributed by atoms with Crippen molar-refractivity contribution >= 4 is 23.3 Å². The van der Waals surface area contributed by atoms with Crippen molar-refractivity contribution in [2.75, 3.05) is 24.6 Å². The van der Waals surface area contributed by atoms with Gasteiger partial charge in [-0.25, -0.2) is 0 Å². The van der Waals surface area contributed by atoms with E-state index >= 15 is 0 Å². The van der Waals surface area contributed by atoms with E-state index in [0.717, 1.165) is 24.6 Å². The summed E-state index contributed by atoms with van der Waals surface area (Å²) in [6.07, 6.45) is 4.71. The van der Waals surface area contributed by atoms with Gasteiger partial charge in [0.05, 0.1) is 5.70 Å². The van der Waals surface area contributed by atoms with Crippen molar-refractivity contribution in [3.63, 3.8) is 0 Å². The van der Waals surface area contributed by atoms with Crippen LogP contribution < -0.4 is 0 Å². The van der Waals surface area contributed by atoms with Crippen LogP contribution in [0.5, 0.6) is 0 Å². The number of allylic oxidation sites excluding steroid dienone is 4. The second-order valence-electron chi connectivity index (χ2n) is 3.20. The Morgan fingerprint density at radius 2 is 1.93 bits per heavy atom. The largest absolute Gasteiger partial charge is 0.367 e. The van der Waals surface area contributed by atoms with Gasteiger partial charge in [0.2, 0.25) is 11.6 Å². The summed E-state index contributed by atoms with van der Waals surface area (Å²) >= 11 is 1.88. The molecule has 0 amide bonds. The van der Waals surface area contributed by atoms with E-state index in [1.807, 2.05) is 16.7 Å². The highest BCUT2D eigenvalue weighted by molar-refractivity contribution is 7.99. The Bertz CT molecular complexity index is 327. The van der Waals surface area contributed by atoms with Crippen molar-refractivity contribution in [3.8, 4) is 0 Å². The fourth-order valence-corrected chi connectivity index (χ4v) is 2.46. The van der Waals surface area contributed by atoms with Crippen molar-refractivity contribution in [2.24, 2.45) is 0 Å². The zero-order chi connectivity index (χ0) is 9.97. The maximum absolute atomic E-state index is 11.5. The molecule has 0 saturated carbocycles. The molecule has 74 valence electrons. The summed E-state index contributed by atoms with van der Waals surface area (Å²) in [7, 11) is 0. The number of carbonyl (C=O) groups is 2. The molecule has 1 aliphatic carbocycles. The minimum atomic E-state index is -0.402. The highest BCUT2D eigenvalue weighted by Crippen LogP contribution is 2.17. The standard InChI is InChI=1S/C10H11NO2S/c12-9-3-1-2-8(10(9)13)11-4-6-14-7-5-11/h1-3H,4-7H2. The second kappa shape index (κ2) is 4.00. The van der Waals surface area contributed by atoms with Gasteiger partial charge in [0, 0.05) is 24.6 Å². The van der Waals surface area contributed by atoms with Crippen LogP contribution in [0, 0.1) is 0 Å². The molecule has 4 heteroatoms. The lowest BCUT2D eigenvalue weighted by Crippen LogP contribution is -2.37. The normalized spacial score (nSPS) is 22.6. The number of Topliss-reactive ketones (excluding diaryl/α,β-unsaturated/α-hetero) is 1. The quantitative estimate of drug-likeness (QED) is 0.469. The van der Waals surface area contributed by atoms with Crippen LogP contribution in [0.15, 0.2) is 23.9 Å². The smallest absolute Gasteiger partial charge is 0.248 e. The number of hydrogen-bond donors (Lipinski definition) is 0. The van der Waals surface area contributed by atoms with E-state index in [1.54, 1.807) is 12.2 Å². The molecular formula is C10H11NO2S. The van der Waals surface area contributed by atoms with Gasteiger partial charge in [-0.3, -0.25) is 9.59 Å². The highest BCUT2D eigenvalue weighted by atomic mass is 32.2. The van der Waals surface area contributed by atoms with Gasteiger partial charge in [0.25, 0.3) is 0 Å². The third kappa shape index (κ3) is 1.75. The van der Waals surface area contributed by atoms with Gasteiger partial charge in [-0.2, -0.15) is 11.8 Å². The number of ketones is 2. The van der Waals surface area contributed by atoms with Gasteiger partial charge in [-0.1, -0.05) is 6.08 Å². The maximum Gasteiger partial charge on any atom is 0.248 e. The first-order chi connectivity index (χ1) is 6.79. The van der Waals surface area contributed by atoms with Crippen LogP contribution in [0.2, 0.25) is 0 Å². The van der Waals surface area contributed by atoms with Crippen LogP contribution in [0.25, 0.3) is 0 Å². The monoisotopic (exact) mass is 209 g/mol. The summed E-state index contributed by atoms with van der Waals surface area (Å²) in [5, 5.41) is 0. The fourth-order valence-electron chi connectivity index (χ4n) is 1.56. The first-order valence-electron chi connectivity index (χ1n) is 4.59. The number of hydrogen-bond acceptors (Lipinski definition) is 4. The van der Waals surface area contributed by atoms with E-state index in [2.05, 4.69) is 0 Å². The summed E-state index contributed by atoms with van der Waals surface area (Å²) in [4.78, 5) is 24.6. The first kappa shape index (κ1) is 9.52. The van der Waals surface area contributed by atoms with E-state index < -0.39 is 5.78 Å². The Hall–Kier alpha value is -1.03. The van der Waals surface area contributed by atoms with E-state index in [-0.39, 0.29) is 5.78 Å². The highest BCUT2D eigenvalue weighted by Gasteiger charge is 2.24. The molecule has 0 radical (unpaired) electrons. The minimum absolute atomic E-state index is 0.362. The van der Waals surface area contributed by atoms with E-state index in [0.29, 0.717) is 5.70 Å². The molecule has 0 aromatic rings. The SMILES string of the molecule is O=C1C=CC=C(N2CCSCC2)C1=O. The number of nitrogens with zero attached hydrogens (tertiary/aromatic N) is 1. The van der Waals surface area contributed by atoms with Crippen molar-refractivity contribution in [1.29, 1.82) is 0 Å². The summed E-state index contributed by atoms with van der Waals surface area (Å²) in [5.74, 6) is 1.30. The summed E-state index contributed by atoms with van der Waals surface area (Å²) < 4.78 is 0. The van der Waals surface area contributed by atoms with Gasteiger partial charge >= 0.3 is 0 Å². The summed E-state index contributed by atoms with van der Waals surface area (Å²) in [6.45, 7) is 1.73. The Morgan fingerprint density at radius 3 is 2.64 bits per heavy atom. The summed E-state index contributed by atoms with van der Waals surface area (Å²) in [5.41, 5.74) is 0.567. The molecule has 0 atom stereocenters. The van der Waals surface area contributed by atoms with Crippen molar-refractivity contribution in [2.45, 2.75) is 0 Å². The molecule has 1 saturated heterocycles. The third-order valence-corrected chi connectivity index (χ3v) is 3.25. The molecule has 14 heavy (non-hydrogen) atoms. The topological polar surface area (TPSA) is 37.4 Å². The first-order valence-corrected chi connectivity index (χ1v) is 5.74. The molecule has 0 aromatic carbocycles. The van der Waals surface area contributed by atoms with Gasteiger partial charge in [-0.05, 0) is 12.2 Å².